The highest BCUT2D eigenvalue weighted by Gasteiger charge is 2.14. The summed E-state index contributed by atoms with van der Waals surface area (Å²) in [4.78, 5) is 21.4. The molecule has 1 rings (SSSR count). The van der Waals surface area contributed by atoms with Crippen LogP contribution in [0.2, 0.25) is 0 Å². The Morgan fingerprint density at radius 3 is 2.83 bits per heavy atom. The molecule has 0 saturated heterocycles. The molecule has 134 valence electrons. The van der Waals surface area contributed by atoms with Crippen molar-refractivity contribution in [1.82, 2.24) is 0 Å². The van der Waals surface area contributed by atoms with Gasteiger partial charge in [-0.05, 0) is 32.1 Å². The minimum absolute atomic E-state index is 0.0546. The van der Waals surface area contributed by atoms with Crippen LogP contribution in [0, 0.1) is 5.92 Å². The number of hydrogen-bond donors (Lipinski definition) is 2. The summed E-state index contributed by atoms with van der Waals surface area (Å²) in [5.74, 6) is -1.73. The van der Waals surface area contributed by atoms with Gasteiger partial charge in [-0.2, -0.15) is 0 Å². The first kappa shape index (κ1) is 20.4. The van der Waals surface area contributed by atoms with Crippen LogP contribution in [0.1, 0.15) is 64.7 Å². The fourth-order valence-electron chi connectivity index (χ4n) is 2.83. The van der Waals surface area contributed by atoms with Gasteiger partial charge in [-0.1, -0.05) is 62.1 Å². The van der Waals surface area contributed by atoms with E-state index in [9.17, 15) is 14.7 Å². The Labute approximate surface area is 145 Å². The van der Waals surface area contributed by atoms with Crippen LogP contribution in [-0.4, -0.2) is 28.1 Å². The SMILES string of the molecule is CCCCC[C@H](O)C/C=C1\CC=C[C@@H]1C/C=C\CCC(=O)C(=O)O. The van der Waals surface area contributed by atoms with Crippen molar-refractivity contribution in [1.29, 1.82) is 0 Å². The summed E-state index contributed by atoms with van der Waals surface area (Å²) in [6.07, 6.45) is 17.5. The number of ketones is 1. The molecule has 0 saturated carbocycles. The maximum Gasteiger partial charge on any atom is 0.372 e. The maximum absolute atomic E-state index is 11.0. The molecule has 4 nitrogen and oxygen atoms in total. The van der Waals surface area contributed by atoms with Crippen LogP contribution < -0.4 is 0 Å². The number of Topliss-reactive ketones (excluding diaryl/α,β-unsaturated/α-hetero) is 1. The zero-order valence-corrected chi connectivity index (χ0v) is 14.6. The Kier molecular flexibility index (Phi) is 10.0. The van der Waals surface area contributed by atoms with E-state index in [-0.39, 0.29) is 12.5 Å². The Balaban J connectivity index is 2.31. The van der Waals surface area contributed by atoms with Crippen molar-refractivity contribution >= 4 is 11.8 Å². The molecule has 0 heterocycles. The van der Waals surface area contributed by atoms with Crippen molar-refractivity contribution in [3.8, 4) is 0 Å². The molecular weight excluding hydrogens is 304 g/mol. The largest absolute Gasteiger partial charge is 0.476 e. The molecule has 1 aliphatic carbocycles. The van der Waals surface area contributed by atoms with E-state index in [2.05, 4.69) is 25.2 Å². The second-order valence-electron chi connectivity index (χ2n) is 6.38. The average molecular weight is 334 g/mol. The van der Waals surface area contributed by atoms with E-state index in [1.54, 1.807) is 0 Å². The van der Waals surface area contributed by atoms with E-state index in [1.807, 2.05) is 12.2 Å². The first-order valence-electron chi connectivity index (χ1n) is 8.99. The van der Waals surface area contributed by atoms with Crippen LogP contribution in [0.15, 0.2) is 36.0 Å². The number of carbonyl (C=O) groups excluding carboxylic acids is 1. The van der Waals surface area contributed by atoms with Gasteiger partial charge in [-0.3, -0.25) is 4.79 Å². The lowest BCUT2D eigenvalue weighted by Gasteiger charge is -2.11. The Morgan fingerprint density at radius 2 is 2.12 bits per heavy atom. The second-order valence-corrected chi connectivity index (χ2v) is 6.38. The van der Waals surface area contributed by atoms with E-state index >= 15 is 0 Å². The lowest BCUT2D eigenvalue weighted by Crippen LogP contribution is -2.11. The van der Waals surface area contributed by atoms with E-state index < -0.39 is 11.8 Å². The molecule has 0 aliphatic heterocycles. The minimum Gasteiger partial charge on any atom is -0.476 e. The number of unbranched alkanes of at least 4 members (excludes halogenated alkanes) is 2. The molecule has 0 amide bonds. The minimum atomic E-state index is -1.36. The maximum atomic E-state index is 11.0. The topological polar surface area (TPSA) is 74.6 Å². The summed E-state index contributed by atoms with van der Waals surface area (Å²) >= 11 is 0. The molecule has 2 N–H and O–H groups in total. The van der Waals surface area contributed by atoms with Crippen LogP contribution in [0.25, 0.3) is 0 Å². The van der Waals surface area contributed by atoms with E-state index in [4.69, 9.17) is 5.11 Å². The van der Waals surface area contributed by atoms with Gasteiger partial charge in [0, 0.05) is 12.3 Å². The van der Waals surface area contributed by atoms with Gasteiger partial charge in [0.25, 0.3) is 0 Å². The highest BCUT2D eigenvalue weighted by molar-refractivity contribution is 6.32. The molecule has 0 radical (unpaired) electrons. The second kappa shape index (κ2) is 11.8. The van der Waals surface area contributed by atoms with Gasteiger partial charge in [0.2, 0.25) is 5.78 Å². The Bertz CT molecular complexity index is 488. The Morgan fingerprint density at radius 1 is 1.33 bits per heavy atom. The monoisotopic (exact) mass is 334 g/mol. The van der Waals surface area contributed by atoms with Gasteiger partial charge < -0.3 is 10.2 Å². The average Bonchev–Trinajstić information content (AvgIpc) is 3.00. The molecule has 0 aromatic rings. The fourth-order valence-corrected chi connectivity index (χ4v) is 2.83. The zero-order valence-electron chi connectivity index (χ0n) is 14.6. The first-order valence-corrected chi connectivity index (χ1v) is 8.99. The van der Waals surface area contributed by atoms with Gasteiger partial charge in [0.15, 0.2) is 0 Å². The van der Waals surface area contributed by atoms with E-state index in [0.29, 0.717) is 18.8 Å². The normalized spacial score (nSPS) is 20.1. The predicted molar refractivity (Wildman–Crippen MR) is 95.7 cm³/mol. The van der Waals surface area contributed by atoms with Gasteiger partial charge in [0.05, 0.1) is 6.10 Å². The van der Waals surface area contributed by atoms with Crippen molar-refractivity contribution < 1.29 is 19.8 Å². The van der Waals surface area contributed by atoms with Crippen molar-refractivity contribution in [3.63, 3.8) is 0 Å². The number of carbonyl (C=O) groups is 2. The lowest BCUT2D eigenvalue weighted by molar-refractivity contribution is -0.149. The van der Waals surface area contributed by atoms with Gasteiger partial charge in [-0.25, -0.2) is 4.79 Å². The predicted octanol–water partition coefficient (Wildman–Crippen LogP) is 4.20. The summed E-state index contributed by atoms with van der Waals surface area (Å²) in [6.45, 7) is 2.16. The molecule has 24 heavy (non-hydrogen) atoms. The van der Waals surface area contributed by atoms with Crippen LogP contribution in [-0.2, 0) is 9.59 Å². The van der Waals surface area contributed by atoms with E-state index in [0.717, 1.165) is 25.7 Å². The number of allylic oxidation sites excluding steroid dienone is 5. The van der Waals surface area contributed by atoms with Crippen molar-refractivity contribution in [3.05, 3.63) is 36.0 Å². The molecule has 0 bridgehead atoms. The van der Waals surface area contributed by atoms with Crippen molar-refractivity contribution in [2.45, 2.75) is 70.8 Å². The molecule has 0 aromatic heterocycles. The third kappa shape index (κ3) is 8.25. The fraction of sp³-hybridized carbons (Fsp3) is 0.600. The summed E-state index contributed by atoms with van der Waals surface area (Å²) in [5.41, 5.74) is 1.34. The number of carboxylic acids is 1. The van der Waals surface area contributed by atoms with Gasteiger partial charge in [0.1, 0.15) is 0 Å². The highest BCUT2D eigenvalue weighted by Crippen LogP contribution is 2.28. The number of hydrogen-bond acceptors (Lipinski definition) is 3. The summed E-state index contributed by atoms with van der Waals surface area (Å²) in [7, 11) is 0. The number of carboxylic acid groups (broad SMARTS) is 1. The summed E-state index contributed by atoms with van der Waals surface area (Å²) in [6, 6.07) is 0. The summed E-state index contributed by atoms with van der Waals surface area (Å²) in [5, 5.41) is 18.5. The molecule has 0 fully saturated rings. The van der Waals surface area contributed by atoms with Gasteiger partial charge >= 0.3 is 5.97 Å². The molecule has 0 unspecified atom stereocenters. The van der Waals surface area contributed by atoms with Crippen molar-refractivity contribution in [2.75, 3.05) is 0 Å². The Hall–Kier alpha value is -1.68. The van der Waals surface area contributed by atoms with Crippen LogP contribution in [0.3, 0.4) is 0 Å². The smallest absolute Gasteiger partial charge is 0.372 e. The molecule has 4 heteroatoms. The lowest BCUT2D eigenvalue weighted by atomic mass is 9.96. The number of aliphatic hydroxyl groups excluding tert-OH is 1. The first-order chi connectivity index (χ1) is 11.5. The third-order valence-corrected chi connectivity index (χ3v) is 4.32. The third-order valence-electron chi connectivity index (χ3n) is 4.32. The molecule has 0 aromatic carbocycles. The number of rotatable bonds is 12. The molecule has 1 aliphatic rings. The molecule has 2 atom stereocenters. The number of aliphatic carboxylic acids is 1. The quantitative estimate of drug-likeness (QED) is 0.319. The van der Waals surface area contributed by atoms with Crippen molar-refractivity contribution in [2.24, 2.45) is 5.92 Å². The van der Waals surface area contributed by atoms with Crippen LogP contribution >= 0.6 is 0 Å². The summed E-state index contributed by atoms with van der Waals surface area (Å²) < 4.78 is 0. The zero-order chi connectivity index (χ0) is 17.8. The molecular formula is C20H30O4. The van der Waals surface area contributed by atoms with Gasteiger partial charge in [-0.15, -0.1) is 0 Å². The highest BCUT2D eigenvalue weighted by atomic mass is 16.4. The van der Waals surface area contributed by atoms with Crippen LogP contribution in [0.4, 0.5) is 0 Å². The van der Waals surface area contributed by atoms with E-state index in [1.165, 1.54) is 18.4 Å². The van der Waals surface area contributed by atoms with Crippen LogP contribution in [0.5, 0.6) is 0 Å². The molecule has 0 spiro atoms. The standard InChI is InChI=1S/C20H30O4/c1-2-3-5-12-18(21)15-14-17-11-8-10-16(17)9-6-4-7-13-19(22)20(23)24/h4,6,8,10,14,16,18,21H,2-3,5,7,9,11-13,15H2,1H3,(H,23,24)/b6-4-,17-14+/t16-,18-/m0/s1. The number of aliphatic hydroxyl groups is 1.